The fraction of sp³-hybridized carbons (Fsp3) is 0.515. The SMILES string of the molecule is COc1ccc(C2CCC(C(NC(=O)C3CCCCC3)c3cccc(-c4cnn(CC(F)F)c4)c3)CC2O)cc1C. The number of hydrogen-bond donors (Lipinski definition) is 2. The number of amides is 1. The Morgan fingerprint density at radius 3 is 2.61 bits per heavy atom. The van der Waals surface area contributed by atoms with Crippen molar-refractivity contribution in [3.63, 3.8) is 0 Å². The van der Waals surface area contributed by atoms with Crippen LogP contribution in [0, 0.1) is 18.8 Å². The van der Waals surface area contributed by atoms with E-state index < -0.39 is 19.1 Å². The number of carbonyl (C=O) groups excluding carboxylic acids is 1. The van der Waals surface area contributed by atoms with Crippen molar-refractivity contribution in [2.24, 2.45) is 11.8 Å². The molecule has 0 aliphatic heterocycles. The van der Waals surface area contributed by atoms with Gasteiger partial charge < -0.3 is 15.2 Å². The molecular formula is C33H41F2N3O3. The Kier molecular flexibility index (Phi) is 9.38. The van der Waals surface area contributed by atoms with Gasteiger partial charge in [0.1, 0.15) is 12.3 Å². The third-order valence-corrected chi connectivity index (χ3v) is 8.99. The van der Waals surface area contributed by atoms with E-state index in [1.54, 1.807) is 19.5 Å². The zero-order chi connectivity index (χ0) is 28.9. The van der Waals surface area contributed by atoms with Gasteiger partial charge in [-0.15, -0.1) is 0 Å². The molecule has 4 unspecified atom stereocenters. The summed E-state index contributed by atoms with van der Waals surface area (Å²) in [5, 5.41) is 18.9. The van der Waals surface area contributed by atoms with Crippen LogP contribution in [0.2, 0.25) is 0 Å². The Morgan fingerprint density at radius 1 is 1.10 bits per heavy atom. The lowest BCUT2D eigenvalue weighted by Crippen LogP contribution is -2.41. The molecule has 2 N–H and O–H groups in total. The van der Waals surface area contributed by atoms with Crippen LogP contribution in [0.25, 0.3) is 11.1 Å². The monoisotopic (exact) mass is 565 g/mol. The van der Waals surface area contributed by atoms with Crippen LogP contribution in [0.1, 0.15) is 80.0 Å². The Balaban J connectivity index is 1.39. The molecule has 0 bridgehead atoms. The molecule has 8 heteroatoms. The maximum atomic E-state index is 13.5. The van der Waals surface area contributed by atoms with Crippen molar-refractivity contribution < 1.29 is 23.4 Å². The molecule has 0 spiro atoms. The Hall–Kier alpha value is -3.26. The molecule has 6 nitrogen and oxygen atoms in total. The molecule has 1 aromatic heterocycles. The van der Waals surface area contributed by atoms with Gasteiger partial charge in [-0.1, -0.05) is 49.6 Å². The average Bonchev–Trinajstić information content (AvgIpc) is 3.44. The molecule has 220 valence electrons. The topological polar surface area (TPSA) is 76.4 Å². The van der Waals surface area contributed by atoms with Gasteiger partial charge in [-0.05, 0) is 79.3 Å². The quantitative estimate of drug-likeness (QED) is 0.299. The van der Waals surface area contributed by atoms with E-state index in [2.05, 4.69) is 16.5 Å². The van der Waals surface area contributed by atoms with Gasteiger partial charge in [0.2, 0.25) is 5.91 Å². The maximum absolute atomic E-state index is 13.5. The molecule has 1 heterocycles. The molecule has 4 atom stereocenters. The third-order valence-electron chi connectivity index (χ3n) is 8.99. The van der Waals surface area contributed by atoms with Crippen LogP contribution in [-0.4, -0.2) is 40.4 Å². The minimum absolute atomic E-state index is 0.0190. The summed E-state index contributed by atoms with van der Waals surface area (Å²) in [6, 6.07) is 13.8. The zero-order valence-electron chi connectivity index (χ0n) is 23.9. The van der Waals surface area contributed by atoms with Gasteiger partial charge >= 0.3 is 0 Å². The summed E-state index contributed by atoms with van der Waals surface area (Å²) >= 11 is 0. The molecule has 2 aliphatic carbocycles. The first-order valence-electron chi connectivity index (χ1n) is 14.9. The predicted octanol–water partition coefficient (Wildman–Crippen LogP) is 6.81. The van der Waals surface area contributed by atoms with E-state index in [0.29, 0.717) is 6.42 Å². The van der Waals surface area contributed by atoms with Gasteiger partial charge in [0, 0.05) is 23.6 Å². The average molecular weight is 566 g/mol. The van der Waals surface area contributed by atoms with E-state index in [1.807, 2.05) is 43.3 Å². The van der Waals surface area contributed by atoms with Crippen molar-refractivity contribution in [1.82, 2.24) is 15.1 Å². The van der Waals surface area contributed by atoms with Crippen molar-refractivity contribution >= 4 is 5.91 Å². The van der Waals surface area contributed by atoms with Crippen molar-refractivity contribution in [2.45, 2.75) is 89.3 Å². The Bertz CT molecular complexity index is 1320. The van der Waals surface area contributed by atoms with Gasteiger partial charge in [0.25, 0.3) is 6.43 Å². The van der Waals surface area contributed by atoms with Crippen molar-refractivity contribution in [2.75, 3.05) is 7.11 Å². The van der Waals surface area contributed by atoms with Crippen LogP contribution >= 0.6 is 0 Å². The zero-order valence-corrected chi connectivity index (χ0v) is 23.9. The molecule has 0 radical (unpaired) electrons. The van der Waals surface area contributed by atoms with Crippen LogP contribution in [0.5, 0.6) is 5.75 Å². The highest BCUT2D eigenvalue weighted by Gasteiger charge is 2.36. The summed E-state index contributed by atoms with van der Waals surface area (Å²) < 4.78 is 32.4. The van der Waals surface area contributed by atoms with Crippen molar-refractivity contribution in [3.05, 3.63) is 71.5 Å². The number of aryl methyl sites for hydroxylation is 1. The largest absolute Gasteiger partial charge is 0.496 e. The van der Waals surface area contributed by atoms with E-state index in [-0.39, 0.29) is 29.7 Å². The lowest BCUT2D eigenvalue weighted by molar-refractivity contribution is -0.127. The number of hydrogen-bond acceptors (Lipinski definition) is 4. The highest BCUT2D eigenvalue weighted by Crippen LogP contribution is 2.43. The molecule has 41 heavy (non-hydrogen) atoms. The maximum Gasteiger partial charge on any atom is 0.257 e. The first-order chi connectivity index (χ1) is 19.8. The molecule has 0 saturated heterocycles. The van der Waals surface area contributed by atoms with Gasteiger partial charge in [0.15, 0.2) is 0 Å². The van der Waals surface area contributed by atoms with Crippen LogP contribution in [0.4, 0.5) is 8.78 Å². The van der Waals surface area contributed by atoms with E-state index >= 15 is 0 Å². The van der Waals surface area contributed by atoms with Crippen LogP contribution in [-0.2, 0) is 11.3 Å². The second-order valence-electron chi connectivity index (χ2n) is 11.8. The molecule has 2 aromatic carbocycles. The molecule has 2 fully saturated rings. The summed E-state index contributed by atoms with van der Waals surface area (Å²) in [5.74, 6) is 1.03. The van der Waals surface area contributed by atoms with Crippen LogP contribution in [0.15, 0.2) is 54.9 Å². The van der Waals surface area contributed by atoms with Gasteiger partial charge in [0.05, 0.1) is 25.5 Å². The van der Waals surface area contributed by atoms with Crippen molar-refractivity contribution in [1.29, 1.82) is 0 Å². The summed E-state index contributed by atoms with van der Waals surface area (Å²) in [7, 11) is 1.66. The number of carbonyl (C=O) groups is 1. The molecule has 2 saturated carbocycles. The lowest BCUT2D eigenvalue weighted by atomic mass is 9.72. The summed E-state index contributed by atoms with van der Waals surface area (Å²) in [6.07, 6.45) is 7.61. The molecular weight excluding hydrogens is 524 g/mol. The number of nitrogens with zero attached hydrogens (tertiary/aromatic N) is 2. The first-order valence-corrected chi connectivity index (χ1v) is 14.9. The fourth-order valence-electron chi connectivity index (χ4n) is 6.78. The number of nitrogens with one attached hydrogen (secondary N) is 1. The van der Waals surface area contributed by atoms with E-state index in [0.717, 1.165) is 72.1 Å². The number of alkyl halides is 2. The third kappa shape index (κ3) is 6.97. The van der Waals surface area contributed by atoms with Crippen molar-refractivity contribution in [3.8, 4) is 16.9 Å². The van der Waals surface area contributed by atoms with Crippen LogP contribution in [0.3, 0.4) is 0 Å². The molecule has 3 aromatic rings. The molecule has 5 rings (SSSR count). The first kappa shape index (κ1) is 29.2. The number of halogens is 2. The molecule has 1 amide bonds. The number of rotatable bonds is 9. The number of aliphatic hydroxyl groups is 1. The minimum atomic E-state index is -2.48. The smallest absolute Gasteiger partial charge is 0.257 e. The highest BCUT2D eigenvalue weighted by molar-refractivity contribution is 5.79. The second-order valence-corrected chi connectivity index (χ2v) is 11.8. The van der Waals surface area contributed by atoms with Gasteiger partial charge in [-0.25, -0.2) is 8.78 Å². The van der Waals surface area contributed by atoms with E-state index in [4.69, 9.17) is 4.74 Å². The van der Waals surface area contributed by atoms with Gasteiger partial charge in [-0.2, -0.15) is 5.10 Å². The number of methoxy groups -OCH3 is 1. The lowest BCUT2D eigenvalue weighted by Gasteiger charge is -2.38. The molecule has 2 aliphatic rings. The Morgan fingerprint density at radius 2 is 1.90 bits per heavy atom. The predicted molar refractivity (Wildman–Crippen MR) is 155 cm³/mol. The normalized spacial score (nSPS) is 22.4. The van der Waals surface area contributed by atoms with E-state index in [1.165, 1.54) is 11.1 Å². The second kappa shape index (κ2) is 13.1. The number of aromatic nitrogens is 2. The van der Waals surface area contributed by atoms with E-state index in [9.17, 15) is 18.7 Å². The summed E-state index contributed by atoms with van der Waals surface area (Å²) in [5.41, 5.74) is 4.74. The Labute approximate surface area is 241 Å². The summed E-state index contributed by atoms with van der Waals surface area (Å²) in [4.78, 5) is 13.5. The standard InChI is InChI=1S/C33H41F2N3O3/c1-21-15-24(12-14-30(21)41-2)28-13-11-26(17-29(28)39)32(37-33(40)22-7-4-3-5-8-22)25-10-6-9-23(16-25)27-18-36-38(19-27)20-31(34)35/h6,9-10,12,14-16,18-19,22,26,28-29,31-32,39H,3-5,7-8,11,13,17,20H2,1-2H3,(H,37,40). The number of ether oxygens (including phenoxy) is 1. The van der Waals surface area contributed by atoms with Gasteiger partial charge in [-0.3, -0.25) is 9.48 Å². The van der Waals surface area contributed by atoms with Crippen LogP contribution < -0.4 is 10.1 Å². The highest BCUT2D eigenvalue weighted by atomic mass is 19.3. The number of benzene rings is 2. The minimum Gasteiger partial charge on any atom is -0.496 e. The fourth-order valence-corrected chi connectivity index (χ4v) is 6.78. The summed E-state index contributed by atoms with van der Waals surface area (Å²) in [6.45, 7) is 1.57. The number of aliphatic hydroxyl groups excluding tert-OH is 1.